The quantitative estimate of drug-likeness (QED) is 0.641. The third-order valence-electron chi connectivity index (χ3n) is 8.43. The third kappa shape index (κ3) is 3.81. The first-order valence-electron chi connectivity index (χ1n) is 12.0. The number of hydrogen-bond donors (Lipinski definition) is 3. The van der Waals surface area contributed by atoms with Gasteiger partial charge in [-0.05, 0) is 50.9 Å². The second kappa shape index (κ2) is 8.26. The summed E-state index contributed by atoms with van der Waals surface area (Å²) in [7, 11) is 0. The zero-order chi connectivity index (χ0) is 20.8. The average molecular weight is 422 g/mol. The minimum absolute atomic E-state index is 0.0115. The fourth-order valence-electron chi connectivity index (χ4n) is 6.69. The van der Waals surface area contributed by atoms with E-state index in [0.717, 1.165) is 58.3 Å². The highest BCUT2D eigenvalue weighted by atomic mass is 19.1. The van der Waals surface area contributed by atoms with Gasteiger partial charge in [-0.2, -0.15) is 0 Å². The van der Waals surface area contributed by atoms with Crippen LogP contribution in [0.4, 0.5) is 9.18 Å². The Labute approximate surface area is 178 Å². The summed E-state index contributed by atoms with van der Waals surface area (Å²) < 4.78 is 14.4. The molecular weight excluding hydrogens is 385 g/mol. The van der Waals surface area contributed by atoms with Crippen molar-refractivity contribution < 1.29 is 14.0 Å². The molecule has 8 unspecified atom stereocenters. The molecule has 2 saturated carbocycles. The summed E-state index contributed by atoms with van der Waals surface area (Å²) in [6.45, 7) is 5.55. The Morgan fingerprint density at radius 2 is 2.00 bits per heavy atom. The molecule has 3 heterocycles. The summed E-state index contributed by atoms with van der Waals surface area (Å²) in [6, 6.07) is 0.906. The molecule has 5 rings (SSSR count). The van der Waals surface area contributed by atoms with Crippen molar-refractivity contribution in [1.82, 2.24) is 25.8 Å². The zero-order valence-electron chi connectivity index (χ0n) is 18.0. The molecular formula is C22H36FN5O2. The van der Waals surface area contributed by atoms with Crippen molar-refractivity contribution in [3.8, 4) is 0 Å². The van der Waals surface area contributed by atoms with E-state index in [0.29, 0.717) is 24.8 Å². The van der Waals surface area contributed by atoms with Crippen molar-refractivity contribution in [2.45, 2.75) is 88.3 Å². The SMILES string of the molecule is CC1CCC(F)C2CC(C(=O)NC3CCCC(N4CCN5C(=O)NCC5C4)C3)NC12. The van der Waals surface area contributed by atoms with Crippen LogP contribution in [0.5, 0.6) is 0 Å². The van der Waals surface area contributed by atoms with Crippen molar-refractivity contribution >= 4 is 11.9 Å². The summed E-state index contributed by atoms with van der Waals surface area (Å²) >= 11 is 0. The average Bonchev–Trinajstić information content (AvgIpc) is 3.36. The second-order valence-corrected chi connectivity index (χ2v) is 10.3. The molecule has 5 fully saturated rings. The predicted molar refractivity (Wildman–Crippen MR) is 112 cm³/mol. The lowest BCUT2D eigenvalue weighted by molar-refractivity contribution is -0.124. The van der Waals surface area contributed by atoms with Gasteiger partial charge in [0.15, 0.2) is 0 Å². The zero-order valence-corrected chi connectivity index (χ0v) is 18.0. The minimum Gasteiger partial charge on any atom is -0.352 e. The minimum atomic E-state index is -0.772. The van der Waals surface area contributed by atoms with Gasteiger partial charge in [0, 0.05) is 50.2 Å². The number of halogens is 1. The maximum absolute atomic E-state index is 14.4. The first-order valence-corrected chi connectivity index (χ1v) is 12.0. The van der Waals surface area contributed by atoms with Crippen molar-refractivity contribution in [3.05, 3.63) is 0 Å². The molecule has 8 atom stereocenters. The Kier molecular flexibility index (Phi) is 5.64. The summed E-state index contributed by atoms with van der Waals surface area (Å²) in [5.74, 6) is 0.488. The number of fused-ring (bicyclic) bond motifs is 2. The number of nitrogens with zero attached hydrogens (tertiary/aromatic N) is 2. The molecule has 0 aromatic carbocycles. The number of carbonyl (C=O) groups is 2. The summed E-state index contributed by atoms with van der Waals surface area (Å²) in [5, 5.41) is 9.70. The van der Waals surface area contributed by atoms with E-state index in [1.807, 2.05) is 4.90 Å². The van der Waals surface area contributed by atoms with Crippen LogP contribution in [0, 0.1) is 11.8 Å². The van der Waals surface area contributed by atoms with Crippen LogP contribution in [0.2, 0.25) is 0 Å². The van der Waals surface area contributed by atoms with Gasteiger partial charge in [0.25, 0.3) is 0 Å². The van der Waals surface area contributed by atoms with Gasteiger partial charge in [-0.3, -0.25) is 9.69 Å². The van der Waals surface area contributed by atoms with Crippen LogP contribution in [-0.4, -0.2) is 84.3 Å². The second-order valence-electron chi connectivity index (χ2n) is 10.3. The molecule has 8 heteroatoms. The van der Waals surface area contributed by atoms with Crippen LogP contribution in [0.25, 0.3) is 0 Å². The number of rotatable bonds is 3. The topological polar surface area (TPSA) is 76.7 Å². The van der Waals surface area contributed by atoms with E-state index in [-0.39, 0.29) is 42.0 Å². The molecule has 3 N–H and O–H groups in total. The van der Waals surface area contributed by atoms with Crippen LogP contribution < -0.4 is 16.0 Å². The highest BCUT2D eigenvalue weighted by molar-refractivity contribution is 5.82. The van der Waals surface area contributed by atoms with Crippen molar-refractivity contribution in [2.75, 3.05) is 26.2 Å². The van der Waals surface area contributed by atoms with Crippen LogP contribution in [0.3, 0.4) is 0 Å². The summed E-state index contributed by atoms with van der Waals surface area (Å²) in [5.41, 5.74) is 0. The smallest absolute Gasteiger partial charge is 0.317 e. The number of urea groups is 1. The molecule has 0 aromatic heterocycles. The van der Waals surface area contributed by atoms with Gasteiger partial charge in [-0.15, -0.1) is 0 Å². The molecule has 3 amide bonds. The van der Waals surface area contributed by atoms with Crippen molar-refractivity contribution in [2.24, 2.45) is 11.8 Å². The van der Waals surface area contributed by atoms with E-state index in [9.17, 15) is 14.0 Å². The molecule has 3 aliphatic heterocycles. The maximum atomic E-state index is 14.4. The number of hydrogen-bond acceptors (Lipinski definition) is 4. The van der Waals surface area contributed by atoms with Crippen LogP contribution in [-0.2, 0) is 4.79 Å². The largest absolute Gasteiger partial charge is 0.352 e. The molecule has 5 aliphatic rings. The van der Waals surface area contributed by atoms with Gasteiger partial charge in [-0.25, -0.2) is 9.18 Å². The van der Waals surface area contributed by atoms with Gasteiger partial charge < -0.3 is 20.9 Å². The van der Waals surface area contributed by atoms with E-state index in [2.05, 4.69) is 27.8 Å². The highest BCUT2D eigenvalue weighted by Crippen LogP contribution is 2.38. The predicted octanol–water partition coefficient (Wildman–Crippen LogP) is 1.24. The molecule has 0 bridgehead atoms. The van der Waals surface area contributed by atoms with E-state index in [1.165, 1.54) is 0 Å². The Hall–Kier alpha value is -1.41. The summed E-state index contributed by atoms with van der Waals surface area (Å²) in [6.07, 6.45) is 5.67. The molecule has 168 valence electrons. The van der Waals surface area contributed by atoms with Crippen LogP contribution in [0.15, 0.2) is 0 Å². The maximum Gasteiger partial charge on any atom is 0.317 e. The van der Waals surface area contributed by atoms with Gasteiger partial charge in [0.1, 0.15) is 6.17 Å². The Morgan fingerprint density at radius 1 is 1.13 bits per heavy atom. The Morgan fingerprint density at radius 3 is 2.83 bits per heavy atom. The number of amides is 3. The molecule has 0 spiro atoms. The monoisotopic (exact) mass is 421 g/mol. The molecule has 2 aliphatic carbocycles. The van der Waals surface area contributed by atoms with Gasteiger partial charge in [0.05, 0.1) is 12.1 Å². The molecule has 3 saturated heterocycles. The van der Waals surface area contributed by atoms with Gasteiger partial charge in [-0.1, -0.05) is 6.92 Å². The fraction of sp³-hybridized carbons (Fsp3) is 0.909. The van der Waals surface area contributed by atoms with E-state index in [4.69, 9.17) is 0 Å². The first kappa shape index (κ1) is 20.5. The number of piperazine rings is 1. The Balaban J connectivity index is 1.14. The first-order chi connectivity index (χ1) is 14.5. The van der Waals surface area contributed by atoms with Gasteiger partial charge in [0.2, 0.25) is 5.91 Å². The van der Waals surface area contributed by atoms with Crippen molar-refractivity contribution in [1.29, 1.82) is 0 Å². The standard InChI is InChI=1S/C22H36FN5O2/c1-13-5-6-18(23)17-10-19(26-20(13)17)21(29)25-14-3-2-4-15(9-14)27-7-8-28-16(12-27)11-24-22(28)30/h13-20,26H,2-12H2,1H3,(H,24,30)(H,25,29). The molecule has 30 heavy (non-hydrogen) atoms. The van der Waals surface area contributed by atoms with E-state index >= 15 is 0 Å². The summed E-state index contributed by atoms with van der Waals surface area (Å²) in [4.78, 5) is 29.3. The number of nitrogens with one attached hydrogen (secondary N) is 3. The molecule has 7 nitrogen and oxygen atoms in total. The fourth-order valence-corrected chi connectivity index (χ4v) is 6.69. The van der Waals surface area contributed by atoms with Gasteiger partial charge >= 0.3 is 6.03 Å². The molecule has 0 aromatic rings. The number of alkyl halides is 1. The van der Waals surface area contributed by atoms with E-state index < -0.39 is 6.17 Å². The molecule has 0 radical (unpaired) electrons. The highest BCUT2D eigenvalue weighted by Gasteiger charge is 2.46. The van der Waals surface area contributed by atoms with Crippen molar-refractivity contribution in [3.63, 3.8) is 0 Å². The number of carbonyl (C=O) groups excluding carboxylic acids is 2. The Bertz CT molecular complexity index is 660. The lowest BCUT2D eigenvalue weighted by atomic mass is 9.77. The lowest BCUT2D eigenvalue weighted by Gasteiger charge is -2.43. The van der Waals surface area contributed by atoms with Crippen LogP contribution >= 0.6 is 0 Å². The normalized spacial score (nSPS) is 44.3. The third-order valence-corrected chi connectivity index (χ3v) is 8.43. The lowest BCUT2D eigenvalue weighted by Crippen LogP contribution is -2.57. The van der Waals surface area contributed by atoms with E-state index in [1.54, 1.807) is 0 Å². The van der Waals surface area contributed by atoms with Crippen LogP contribution in [0.1, 0.15) is 51.9 Å².